The van der Waals surface area contributed by atoms with E-state index < -0.39 is 0 Å². The Morgan fingerprint density at radius 1 is 1.41 bits per heavy atom. The average molecular weight is 326 g/mol. The number of nitrogens with zero attached hydrogens (tertiary/aromatic N) is 2. The quantitative estimate of drug-likeness (QED) is 0.456. The van der Waals surface area contributed by atoms with Crippen LogP contribution >= 0.6 is 11.3 Å². The van der Waals surface area contributed by atoms with Gasteiger partial charge in [-0.25, -0.2) is 9.98 Å². The topological polar surface area (TPSA) is 75.6 Å². The molecule has 7 heteroatoms. The molecule has 0 saturated heterocycles. The van der Waals surface area contributed by atoms with Crippen molar-refractivity contribution in [3.8, 4) is 0 Å². The molecule has 124 valence electrons. The van der Waals surface area contributed by atoms with Crippen LogP contribution in [-0.2, 0) is 16.1 Å². The molecule has 1 heterocycles. The fraction of sp³-hybridized carbons (Fsp3) is 0.667. The summed E-state index contributed by atoms with van der Waals surface area (Å²) in [6, 6.07) is 0. The zero-order valence-electron chi connectivity index (χ0n) is 14.0. The van der Waals surface area contributed by atoms with E-state index in [4.69, 9.17) is 4.74 Å². The van der Waals surface area contributed by atoms with E-state index in [9.17, 15) is 4.79 Å². The Balaban J connectivity index is 2.59. The predicted octanol–water partition coefficient (Wildman–Crippen LogP) is 2.13. The van der Waals surface area contributed by atoms with E-state index in [2.05, 4.69) is 39.8 Å². The van der Waals surface area contributed by atoms with E-state index in [0.29, 0.717) is 25.0 Å². The van der Waals surface area contributed by atoms with Gasteiger partial charge in [0, 0.05) is 18.5 Å². The first-order valence-electron chi connectivity index (χ1n) is 7.52. The normalized spacial score (nSPS) is 13.1. The van der Waals surface area contributed by atoms with Crippen LogP contribution in [0.25, 0.3) is 0 Å². The van der Waals surface area contributed by atoms with Gasteiger partial charge in [-0.2, -0.15) is 0 Å². The van der Waals surface area contributed by atoms with Gasteiger partial charge in [-0.3, -0.25) is 4.79 Å². The van der Waals surface area contributed by atoms with Crippen LogP contribution in [0.5, 0.6) is 0 Å². The van der Waals surface area contributed by atoms with Gasteiger partial charge in [0.2, 0.25) is 0 Å². The first-order valence-corrected chi connectivity index (χ1v) is 8.40. The minimum atomic E-state index is -0.232. The van der Waals surface area contributed by atoms with Crippen LogP contribution in [0.3, 0.4) is 0 Å². The highest BCUT2D eigenvalue weighted by Crippen LogP contribution is 2.18. The molecule has 1 atom stereocenters. The fourth-order valence-corrected chi connectivity index (χ4v) is 2.56. The summed E-state index contributed by atoms with van der Waals surface area (Å²) in [5, 5.41) is 9.38. The predicted molar refractivity (Wildman–Crippen MR) is 90.2 cm³/mol. The lowest BCUT2D eigenvalue weighted by atomic mass is 10.2. The van der Waals surface area contributed by atoms with Gasteiger partial charge in [0.1, 0.15) is 5.01 Å². The Kier molecular flexibility index (Phi) is 7.87. The molecule has 0 amide bonds. The Hall–Kier alpha value is -1.63. The summed E-state index contributed by atoms with van der Waals surface area (Å²) in [6.45, 7) is 9.84. The number of thiazole rings is 1. The molecule has 2 N–H and O–H groups in total. The van der Waals surface area contributed by atoms with Crippen LogP contribution in [0.4, 0.5) is 0 Å². The molecule has 0 aliphatic heterocycles. The maximum atomic E-state index is 11.4. The number of hydrogen-bond donors (Lipinski definition) is 2. The number of esters is 1. The van der Waals surface area contributed by atoms with Crippen molar-refractivity contribution in [3.63, 3.8) is 0 Å². The number of carbonyl (C=O) groups excluding carboxylic acids is 1. The molecule has 1 unspecified atom stereocenters. The molecule has 0 spiro atoms. The van der Waals surface area contributed by atoms with E-state index in [-0.39, 0.29) is 11.9 Å². The van der Waals surface area contributed by atoms with E-state index in [0.717, 1.165) is 17.2 Å². The van der Waals surface area contributed by atoms with Crippen LogP contribution in [0.1, 0.15) is 44.3 Å². The molecule has 22 heavy (non-hydrogen) atoms. The lowest BCUT2D eigenvalue weighted by Crippen LogP contribution is -2.40. The number of rotatable bonds is 7. The van der Waals surface area contributed by atoms with E-state index in [1.54, 1.807) is 11.3 Å². The number of carbonyl (C=O) groups is 1. The van der Waals surface area contributed by atoms with Crippen molar-refractivity contribution in [1.82, 2.24) is 15.6 Å². The first kappa shape index (κ1) is 18.4. The Morgan fingerprint density at radius 3 is 2.68 bits per heavy atom. The molecule has 0 fully saturated rings. The van der Waals surface area contributed by atoms with Crippen LogP contribution in [0, 0.1) is 5.92 Å². The van der Waals surface area contributed by atoms with Crippen LogP contribution < -0.4 is 10.6 Å². The van der Waals surface area contributed by atoms with Gasteiger partial charge in [-0.05, 0) is 12.8 Å². The number of aliphatic imine (C=N–C) groups is 1. The first-order chi connectivity index (χ1) is 10.5. The molecule has 1 rings (SSSR count). The number of aromatic nitrogens is 1. The summed E-state index contributed by atoms with van der Waals surface area (Å²) < 4.78 is 4.71. The highest BCUT2D eigenvalue weighted by atomic mass is 32.1. The summed E-state index contributed by atoms with van der Waals surface area (Å²) in [6.07, 6.45) is 0. The molecule has 0 radical (unpaired) electrons. The summed E-state index contributed by atoms with van der Waals surface area (Å²) in [5.74, 6) is 0.659. The van der Waals surface area contributed by atoms with Crippen molar-refractivity contribution in [1.29, 1.82) is 0 Å². The van der Waals surface area contributed by atoms with Gasteiger partial charge < -0.3 is 15.4 Å². The van der Waals surface area contributed by atoms with Crippen LogP contribution in [-0.4, -0.2) is 37.1 Å². The van der Waals surface area contributed by atoms with Gasteiger partial charge in [-0.1, -0.05) is 20.8 Å². The molecule has 0 bridgehead atoms. The minimum Gasteiger partial charge on any atom is -0.469 e. The summed E-state index contributed by atoms with van der Waals surface area (Å²) >= 11 is 1.62. The second-order valence-electron chi connectivity index (χ2n) is 5.32. The molecule has 0 aromatic carbocycles. The smallest absolute Gasteiger partial charge is 0.310 e. The molecular formula is C15H26N4O2S. The number of guanidine groups is 1. The van der Waals surface area contributed by atoms with Crippen molar-refractivity contribution in [2.75, 3.05) is 20.2 Å². The van der Waals surface area contributed by atoms with Gasteiger partial charge in [0.15, 0.2) is 5.96 Å². The number of nitrogens with one attached hydrogen (secondary N) is 2. The van der Waals surface area contributed by atoms with Crippen LogP contribution in [0.15, 0.2) is 10.4 Å². The second kappa shape index (κ2) is 9.40. The molecule has 0 aliphatic carbocycles. The Morgan fingerprint density at radius 2 is 2.14 bits per heavy atom. The summed E-state index contributed by atoms with van der Waals surface area (Å²) in [7, 11) is 1.40. The Bertz CT molecular complexity index is 499. The van der Waals surface area contributed by atoms with Crippen molar-refractivity contribution in [2.45, 2.75) is 40.2 Å². The zero-order valence-corrected chi connectivity index (χ0v) is 14.8. The second-order valence-corrected chi connectivity index (χ2v) is 6.26. The van der Waals surface area contributed by atoms with Gasteiger partial charge >= 0.3 is 5.97 Å². The third kappa shape index (κ3) is 6.01. The van der Waals surface area contributed by atoms with Crippen LogP contribution in [0.2, 0.25) is 0 Å². The summed E-state index contributed by atoms with van der Waals surface area (Å²) in [5.41, 5.74) is 1.10. The van der Waals surface area contributed by atoms with Gasteiger partial charge in [-0.15, -0.1) is 11.3 Å². The van der Waals surface area contributed by atoms with Gasteiger partial charge in [0.05, 0.1) is 25.3 Å². The van der Waals surface area contributed by atoms with E-state index in [1.807, 2.05) is 13.8 Å². The SMILES string of the molecule is CCNC(=NCc1nc(C(C)C)cs1)NCC(C)C(=O)OC. The summed E-state index contributed by atoms with van der Waals surface area (Å²) in [4.78, 5) is 20.5. The van der Waals surface area contributed by atoms with Crippen molar-refractivity contribution < 1.29 is 9.53 Å². The minimum absolute atomic E-state index is 0.221. The molecular weight excluding hydrogens is 300 g/mol. The highest BCUT2D eigenvalue weighted by Gasteiger charge is 2.13. The molecule has 1 aromatic heterocycles. The molecule has 1 aromatic rings. The van der Waals surface area contributed by atoms with Crippen molar-refractivity contribution in [3.05, 3.63) is 16.1 Å². The standard InChI is InChI=1S/C15H26N4O2S/c1-6-16-15(17-7-11(4)14(20)21-5)18-8-13-19-12(9-22-13)10(2)3/h9-11H,6-8H2,1-5H3,(H2,16,17,18). The average Bonchev–Trinajstić information content (AvgIpc) is 2.98. The Labute approximate surface area is 136 Å². The van der Waals surface area contributed by atoms with Crippen molar-refractivity contribution in [2.24, 2.45) is 10.9 Å². The van der Waals surface area contributed by atoms with Crippen molar-refractivity contribution >= 4 is 23.3 Å². The third-order valence-corrected chi connectivity index (χ3v) is 3.91. The largest absolute Gasteiger partial charge is 0.469 e. The number of ether oxygens (including phenoxy) is 1. The lowest BCUT2D eigenvalue weighted by Gasteiger charge is -2.14. The molecule has 0 saturated carbocycles. The highest BCUT2D eigenvalue weighted by molar-refractivity contribution is 7.09. The number of hydrogen-bond acceptors (Lipinski definition) is 5. The maximum Gasteiger partial charge on any atom is 0.310 e. The van der Waals surface area contributed by atoms with E-state index >= 15 is 0 Å². The third-order valence-electron chi connectivity index (χ3n) is 3.06. The maximum absolute atomic E-state index is 11.4. The van der Waals surface area contributed by atoms with Gasteiger partial charge in [0.25, 0.3) is 0 Å². The molecule has 0 aliphatic rings. The zero-order chi connectivity index (χ0) is 16.5. The lowest BCUT2D eigenvalue weighted by molar-refractivity contribution is -0.144. The molecule has 6 nitrogen and oxygen atoms in total. The van der Waals surface area contributed by atoms with E-state index in [1.165, 1.54) is 7.11 Å². The monoisotopic (exact) mass is 326 g/mol. The number of methoxy groups -OCH3 is 1. The fourth-order valence-electron chi connectivity index (χ4n) is 1.69.